The van der Waals surface area contributed by atoms with Crippen LogP contribution in [-0.4, -0.2) is 34.6 Å². The van der Waals surface area contributed by atoms with E-state index in [2.05, 4.69) is 41.7 Å². The number of nitrogens with one attached hydrogen (secondary N) is 1. The number of hydrogen-bond acceptors (Lipinski definition) is 4. The zero-order valence-electron chi connectivity index (χ0n) is 16.0. The van der Waals surface area contributed by atoms with Crippen LogP contribution in [0, 0.1) is 10.8 Å². The fraction of sp³-hybridized carbons (Fsp3) is 0.524. The lowest BCUT2D eigenvalue weighted by molar-refractivity contribution is 0.136. The predicted octanol–water partition coefficient (Wildman–Crippen LogP) is 4.52. The number of H-pyrrole nitrogens is 1. The zero-order valence-corrected chi connectivity index (χ0v) is 16.0. The van der Waals surface area contributed by atoms with Crippen LogP contribution >= 0.6 is 0 Å². The SMILES string of the molecule is COc1ccc2c(c1)[nH]c1c(N3C[C@@]4(C)C[C@@H]3CC(C)(C)C4)ncnc12. The van der Waals surface area contributed by atoms with E-state index in [0.717, 1.165) is 40.0 Å². The van der Waals surface area contributed by atoms with Gasteiger partial charge in [-0.05, 0) is 42.2 Å². The Morgan fingerprint density at radius 1 is 1.19 bits per heavy atom. The van der Waals surface area contributed by atoms with E-state index in [1.54, 1.807) is 13.4 Å². The molecule has 5 rings (SSSR count). The van der Waals surface area contributed by atoms with E-state index < -0.39 is 0 Å². The van der Waals surface area contributed by atoms with Crippen LogP contribution in [0.4, 0.5) is 5.82 Å². The molecule has 0 amide bonds. The van der Waals surface area contributed by atoms with Crippen molar-refractivity contribution in [3.8, 4) is 5.75 Å². The van der Waals surface area contributed by atoms with Crippen molar-refractivity contribution in [2.45, 2.75) is 46.1 Å². The normalized spacial score (nSPS) is 27.4. The van der Waals surface area contributed by atoms with Gasteiger partial charge < -0.3 is 14.6 Å². The predicted molar refractivity (Wildman–Crippen MR) is 105 cm³/mol. The minimum atomic E-state index is 0.374. The fourth-order valence-corrected chi connectivity index (χ4v) is 5.72. The van der Waals surface area contributed by atoms with Gasteiger partial charge in [-0.2, -0.15) is 0 Å². The van der Waals surface area contributed by atoms with Crippen molar-refractivity contribution in [1.29, 1.82) is 0 Å². The quantitative estimate of drug-likeness (QED) is 0.738. The van der Waals surface area contributed by atoms with Crippen molar-refractivity contribution in [1.82, 2.24) is 15.0 Å². The molecular weight excluding hydrogens is 324 g/mol. The van der Waals surface area contributed by atoms with Crippen LogP contribution in [0.25, 0.3) is 21.9 Å². The summed E-state index contributed by atoms with van der Waals surface area (Å²) in [5, 5.41) is 1.12. The van der Waals surface area contributed by atoms with Gasteiger partial charge in [-0.3, -0.25) is 0 Å². The van der Waals surface area contributed by atoms with Gasteiger partial charge in [0.1, 0.15) is 23.1 Å². The molecule has 26 heavy (non-hydrogen) atoms. The maximum absolute atomic E-state index is 5.37. The Bertz CT molecular complexity index is 1010. The molecule has 1 aliphatic heterocycles. The Kier molecular flexibility index (Phi) is 3.13. The summed E-state index contributed by atoms with van der Waals surface area (Å²) in [6.07, 6.45) is 5.48. The van der Waals surface area contributed by atoms with E-state index in [1.807, 2.05) is 12.1 Å². The Labute approximate surface area is 153 Å². The molecule has 1 saturated carbocycles. The highest BCUT2D eigenvalue weighted by molar-refractivity contribution is 6.08. The molecule has 1 saturated heterocycles. The van der Waals surface area contributed by atoms with Crippen molar-refractivity contribution in [2.75, 3.05) is 18.6 Å². The standard InChI is InChI=1S/C21H26N4O/c1-20(2)8-13-9-21(3,10-20)11-25(13)19-18-17(22-12-23-19)15-6-5-14(26-4)7-16(15)24-18/h5-7,12-13,24H,8-11H2,1-4H3/t13-,21-/m0/s1. The minimum Gasteiger partial charge on any atom is -0.497 e. The Balaban J connectivity index is 1.66. The highest BCUT2D eigenvalue weighted by Crippen LogP contribution is 2.53. The zero-order chi connectivity index (χ0) is 18.1. The van der Waals surface area contributed by atoms with Crippen LogP contribution in [-0.2, 0) is 0 Å². The van der Waals surface area contributed by atoms with Gasteiger partial charge in [0.25, 0.3) is 0 Å². The molecule has 1 N–H and O–H groups in total. The first-order valence-electron chi connectivity index (χ1n) is 9.45. The number of aromatic nitrogens is 3. The fourth-order valence-electron chi connectivity index (χ4n) is 5.72. The molecule has 0 radical (unpaired) electrons. The summed E-state index contributed by atoms with van der Waals surface area (Å²) in [6.45, 7) is 8.33. The second-order valence-electron chi connectivity index (χ2n) is 9.30. The third-order valence-electron chi connectivity index (χ3n) is 6.26. The first-order chi connectivity index (χ1) is 12.4. The number of anilines is 1. The van der Waals surface area contributed by atoms with Gasteiger partial charge in [0.2, 0.25) is 0 Å². The average Bonchev–Trinajstić information content (AvgIpc) is 3.07. The summed E-state index contributed by atoms with van der Waals surface area (Å²) < 4.78 is 5.37. The second kappa shape index (κ2) is 5.12. The summed E-state index contributed by atoms with van der Waals surface area (Å²) in [7, 11) is 1.70. The lowest BCUT2D eigenvalue weighted by Crippen LogP contribution is -2.35. The molecule has 0 spiro atoms. The molecule has 2 bridgehead atoms. The van der Waals surface area contributed by atoms with E-state index in [-0.39, 0.29) is 0 Å². The molecule has 2 atom stereocenters. The monoisotopic (exact) mass is 350 g/mol. The van der Waals surface area contributed by atoms with Gasteiger partial charge in [0.15, 0.2) is 5.82 Å². The summed E-state index contributed by atoms with van der Waals surface area (Å²) in [4.78, 5) is 15.4. The summed E-state index contributed by atoms with van der Waals surface area (Å²) in [5.41, 5.74) is 3.86. The van der Waals surface area contributed by atoms with E-state index in [0.29, 0.717) is 16.9 Å². The molecule has 136 valence electrons. The Hall–Kier alpha value is -2.30. The number of aromatic amines is 1. The van der Waals surface area contributed by atoms with Crippen molar-refractivity contribution < 1.29 is 4.74 Å². The van der Waals surface area contributed by atoms with Gasteiger partial charge in [-0.25, -0.2) is 9.97 Å². The van der Waals surface area contributed by atoms with Gasteiger partial charge in [-0.1, -0.05) is 20.8 Å². The van der Waals surface area contributed by atoms with Crippen molar-refractivity contribution >= 4 is 27.8 Å². The smallest absolute Gasteiger partial charge is 0.156 e. The minimum absolute atomic E-state index is 0.374. The maximum atomic E-state index is 5.37. The van der Waals surface area contributed by atoms with Crippen LogP contribution in [0.2, 0.25) is 0 Å². The third-order valence-corrected chi connectivity index (χ3v) is 6.26. The van der Waals surface area contributed by atoms with Crippen molar-refractivity contribution in [3.63, 3.8) is 0 Å². The Morgan fingerprint density at radius 2 is 2.04 bits per heavy atom. The molecule has 2 aliphatic rings. The number of benzene rings is 1. The first-order valence-corrected chi connectivity index (χ1v) is 9.45. The van der Waals surface area contributed by atoms with Gasteiger partial charge >= 0.3 is 0 Å². The second-order valence-corrected chi connectivity index (χ2v) is 9.30. The highest BCUT2D eigenvalue weighted by Gasteiger charge is 2.50. The molecule has 1 aromatic carbocycles. The summed E-state index contributed by atoms with van der Waals surface area (Å²) in [5.74, 6) is 1.90. The van der Waals surface area contributed by atoms with E-state index >= 15 is 0 Å². The van der Waals surface area contributed by atoms with Crippen LogP contribution < -0.4 is 9.64 Å². The molecular formula is C21H26N4O. The number of ether oxygens (including phenoxy) is 1. The van der Waals surface area contributed by atoms with Crippen LogP contribution in [0.5, 0.6) is 5.75 Å². The number of rotatable bonds is 2. The molecule has 5 heteroatoms. The van der Waals surface area contributed by atoms with E-state index in [4.69, 9.17) is 9.72 Å². The third kappa shape index (κ3) is 2.29. The molecule has 5 nitrogen and oxygen atoms in total. The average molecular weight is 350 g/mol. The van der Waals surface area contributed by atoms with Crippen LogP contribution in [0.3, 0.4) is 0 Å². The van der Waals surface area contributed by atoms with Gasteiger partial charge in [0, 0.05) is 24.0 Å². The summed E-state index contributed by atoms with van der Waals surface area (Å²) >= 11 is 0. The molecule has 0 unspecified atom stereocenters. The topological polar surface area (TPSA) is 54.0 Å². The van der Waals surface area contributed by atoms with Crippen molar-refractivity contribution in [3.05, 3.63) is 24.5 Å². The van der Waals surface area contributed by atoms with Crippen LogP contribution in [0.1, 0.15) is 40.0 Å². The van der Waals surface area contributed by atoms with E-state index in [1.165, 1.54) is 19.3 Å². The maximum Gasteiger partial charge on any atom is 0.156 e. The van der Waals surface area contributed by atoms with Crippen molar-refractivity contribution in [2.24, 2.45) is 10.8 Å². The van der Waals surface area contributed by atoms with Gasteiger partial charge in [-0.15, -0.1) is 0 Å². The molecule has 3 aromatic rings. The number of methoxy groups -OCH3 is 1. The van der Waals surface area contributed by atoms with Crippen LogP contribution in [0.15, 0.2) is 24.5 Å². The largest absolute Gasteiger partial charge is 0.497 e. The first kappa shape index (κ1) is 15.9. The number of fused-ring (bicyclic) bond motifs is 5. The number of nitrogens with zero attached hydrogens (tertiary/aromatic N) is 3. The molecule has 3 heterocycles. The molecule has 2 aromatic heterocycles. The van der Waals surface area contributed by atoms with Gasteiger partial charge in [0.05, 0.1) is 12.6 Å². The Morgan fingerprint density at radius 3 is 2.85 bits per heavy atom. The number of hydrogen-bond donors (Lipinski definition) is 1. The lowest BCUT2D eigenvalue weighted by atomic mass is 9.65. The van der Waals surface area contributed by atoms with E-state index in [9.17, 15) is 0 Å². The molecule has 1 aliphatic carbocycles. The summed E-state index contributed by atoms with van der Waals surface area (Å²) in [6, 6.07) is 6.66. The lowest BCUT2D eigenvalue weighted by Gasteiger charge is -2.39. The molecule has 2 fully saturated rings. The highest BCUT2D eigenvalue weighted by atomic mass is 16.5.